The Labute approximate surface area is 78.1 Å². The molecule has 0 saturated carbocycles. The smallest absolute Gasteiger partial charge is 0.0174 e. The van der Waals surface area contributed by atoms with Crippen molar-refractivity contribution in [3.05, 3.63) is 18.6 Å². The zero-order valence-corrected chi connectivity index (χ0v) is 8.90. The minimum Gasteiger partial charge on any atom is -0.103 e. The summed E-state index contributed by atoms with van der Waals surface area (Å²) >= 11 is 0. The highest BCUT2D eigenvalue weighted by molar-refractivity contribution is 5.02. The molecule has 1 atom stereocenters. The third-order valence-corrected chi connectivity index (χ3v) is 2.59. The first kappa shape index (κ1) is 11.7. The number of unbranched alkanes of at least 4 members (excludes halogenated alkanes) is 1. The molecule has 71 valence electrons. The molecular weight excluding hydrogens is 144 g/mol. The Balaban J connectivity index is 3.84. The predicted molar refractivity (Wildman–Crippen MR) is 57.0 cm³/mol. The van der Waals surface area contributed by atoms with Gasteiger partial charge in [-0.25, -0.2) is 0 Å². The molecule has 0 spiro atoms. The maximum absolute atomic E-state index is 3.91. The molecule has 0 saturated heterocycles. The van der Waals surface area contributed by atoms with E-state index in [1.165, 1.54) is 32.1 Å². The van der Waals surface area contributed by atoms with Crippen LogP contribution in [0.2, 0.25) is 0 Å². The molecule has 0 heteroatoms. The first-order valence-corrected chi connectivity index (χ1v) is 5.27. The largest absolute Gasteiger partial charge is 0.103 e. The van der Waals surface area contributed by atoms with E-state index in [9.17, 15) is 0 Å². The Morgan fingerprint density at radius 2 is 1.83 bits per heavy atom. The van der Waals surface area contributed by atoms with E-state index in [0.29, 0.717) is 5.92 Å². The van der Waals surface area contributed by atoms with Crippen LogP contribution >= 0.6 is 0 Å². The molecular formula is C12H23. The second-order valence-electron chi connectivity index (χ2n) is 3.35. The van der Waals surface area contributed by atoms with Crippen molar-refractivity contribution in [2.75, 3.05) is 0 Å². The lowest BCUT2D eigenvalue weighted by molar-refractivity contribution is 0.523. The summed E-state index contributed by atoms with van der Waals surface area (Å²) in [6, 6.07) is 0. The highest BCUT2D eigenvalue weighted by atomic mass is 14.2. The van der Waals surface area contributed by atoms with Gasteiger partial charge in [0.1, 0.15) is 0 Å². The molecule has 0 aliphatic rings. The van der Waals surface area contributed by atoms with Gasteiger partial charge in [0.15, 0.2) is 0 Å². The van der Waals surface area contributed by atoms with Gasteiger partial charge in [-0.05, 0) is 31.1 Å². The summed E-state index contributed by atoms with van der Waals surface area (Å²) in [5.41, 5.74) is 0. The topological polar surface area (TPSA) is 0 Å². The van der Waals surface area contributed by atoms with Crippen molar-refractivity contribution in [3.8, 4) is 0 Å². The molecule has 1 radical (unpaired) electrons. The second kappa shape index (κ2) is 7.39. The van der Waals surface area contributed by atoms with Crippen molar-refractivity contribution in [1.82, 2.24) is 0 Å². The molecule has 0 N–H and O–H groups in total. The molecule has 0 nitrogen and oxygen atoms in total. The molecule has 0 bridgehead atoms. The van der Waals surface area contributed by atoms with Crippen LogP contribution < -0.4 is 0 Å². The molecule has 0 fully saturated rings. The molecule has 0 aliphatic carbocycles. The van der Waals surface area contributed by atoms with Crippen LogP contribution in [-0.4, -0.2) is 0 Å². The van der Waals surface area contributed by atoms with Crippen molar-refractivity contribution in [2.24, 2.45) is 5.92 Å². The highest BCUT2D eigenvalue weighted by Crippen LogP contribution is 2.27. The average molecular weight is 167 g/mol. The third-order valence-electron chi connectivity index (χ3n) is 2.59. The first-order valence-electron chi connectivity index (χ1n) is 5.27. The zero-order chi connectivity index (χ0) is 9.40. The van der Waals surface area contributed by atoms with Gasteiger partial charge in [0.25, 0.3) is 0 Å². The number of hydrogen-bond acceptors (Lipinski definition) is 0. The van der Waals surface area contributed by atoms with E-state index in [1.807, 2.05) is 0 Å². The van der Waals surface area contributed by atoms with Crippen molar-refractivity contribution in [1.29, 1.82) is 0 Å². The number of hydrogen-bond donors (Lipinski definition) is 0. The molecule has 12 heavy (non-hydrogen) atoms. The summed E-state index contributed by atoms with van der Waals surface area (Å²) in [6.07, 6.45) is 8.49. The zero-order valence-electron chi connectivity index (χ0n) is 8.90. The van der Waals surface area contributed by atoms with E-state index in [2.05, 4.69) is 33.4 Å². The highest BCUT2D eigenvalue weighted by Gasteiger charge is 2.14. The molecule has 0 aliphatic heterocycles. The van der Waals surface area contributed by atoms with Crippen molar-refractivity contribution in [3.63, 3.8) is 0 Å². The van der Waals surface area contributed by atoms with E-state index in [0.717, 1.165) is 0 Å². The first-order chi connectivity index (χ1) is 5.79. The van der Waals surface area contributed by atoms with Gasteiger partial charge in [0, 0.05) is 0 Å². The summed E-state index contributed by atoms with van der Waals surface area (Å²) in [7, 11) is 0. The second-order valence-corrected chi connectivity index (χ2v) is 3.35. The third kappa shape index (κ3) is 3.94. The van der Waals surface area contributed by atoms with Crippen LogP contribution in [0.3, 0.4) is 0 Å². The molecule has 0 heterocycles. The lowest BCUT2D eigenvalue weighted by Crippen LogP contribution is -2.08. The molecule has 1 unspecified atom stereocenters. The monoisotopic (exact) mass is 167 g/mol. The maximum atomic E-state index is 3.91. The Morgan fingerprint density at radius 3 is 2.17 bits per heavy atom. The summed E-state index contributed by atoms with van der Waals surface area (Å²) < 4.78 is 0. The molecule has 0 rings (SSSR count). The van der Waals surface area contributed by atoms with Crippen LogP contribution in [-0.2, 0) is 0 Å². The normalized spacial score (nSPS) is 13.3. The maximum Gasteiger partial charge on any atom is -0.0174 e. The minimum absolute atomic E-state index is 0.681. The van der Waals surface area contributed by atoms with Crippen LogP contribution in [0.4, 0.5) is 0 Å². The van der Waals surface area contributed by atoms with Gasteiger partial charge < -0.3 is 0 Å². The van der Waals surface area contributed by atoms with Gasteiger partial charge in [-0.2, -0.15) is 0 Å². The minimum atomic E-state index is 0.681. The standard InChI is InChI=1S/C12H23/c1-5-9-10-12(8-4)11(6-2)7-3/h8,12H,4-7,9-10H2,1-3H3. The summed E-state index contributed by atoms with van der Waals surface area (Å²) in [5, 5.41) is 0. The van der Waals surface area contributed by atoms with E-state index in [-0.39, 0.29) is 0 Å². The van der Waals surface area contributed by atoms with Crippen molar-refractivity contribution >= 4 is 0 Å². The van der Waals surface area contributed by atoms with E-state index < -0.39 is 0 Å². The lowest BCUT2D eigenvalue weighted by atomic mass is 9.84. The Hall–Kier alpha value is -0.260. The summed E-state index contributed by atoms with van der Waals surface area (Å²) in [4.78, 5) is 0. The molecule has 0 amide bonds. The van der Waals surface area contributed by atoms with E-state index in [1.54, 1.807) is 5.92 Å². The van der Waals surface area contributed by atoms with Crippen molar-refractivity contribution in [2.45, 2.75) is 52.9 Å². The van der Waals surface area contributed by atoms with Gasteiger partial charge in [-0.1, -0.05) is 39.7 Å². The quantitative estimate of drug-likeness (QED) is 0.494. The van der Waals surface area contributed by atoms with Crippen molar-refractivity contribution < 1.29 is 0 Å². The van der Waals surface area contributed by atoms with Crippen LogP contribution in [0, 0.1) is 11.8 Å². The van der Waals surface area contributed by atoms with Gasteiger partial charge in [0.05, 0.1) is 0 Å². The lowest BCUT2D eigenvalue weighted by Gasteiger charge is -2.20. The van der Waals surface area contributed by atoms with E-state index in [4.69, 9.17) is 0 Å². The molecule has 0 aromatic carbocycles. The average Bonchev–Trinajstić information content (AvgIpc) is 2.12. The molecule has 0 aromatic heterocycles. The van der Waals surface area contributed by atoms with Gasteiger partial charge in [-0.3, -0.25) is 0 Å². The Morgan fingerprint density at radius 1 is 1.25 bits per heavy atom. The SMILES string of the molecule is C=CC(CCCC)[C](CC)CC. The fraction of sp³-hybridized carbons (Fsp3) is 0.750. The fourth-order valence-corrected chi connectivity index (χ4v) is 1.69. The Bertz CT molecular complexity index is 101. The van der Waals surface area contributed by atoms with Crippen LogP contribution in [0.1, 0.15) is 52.9 Å². The summed E-state index contributed by atoms with van der Waals surface area (Å²) in [6.45, 7) is 10.7. The van der Waals surface area contributed by atoms with Gasteiger partial charge >= 0.3 is 0 Å². The van der Waals surface area contributed by atoms with Gasteiger partial charge in [0.2, 0.25) is 0 Å². The van der Waals surface area contributed by atoms with Gasteiger partial charge in [-0.15, -0.1) is 6.58 Å². The molecule has 0 aromatic rings. The predicted octanol–water partition coefficient (Wildman–Crippen LogP) is 4.37. The fourth-order valence-electron chi connectivity index (χ4n) is 1.69. The summed E-state index contributed by atoms with van der Waals surface area (Å²) in [5.74, 6) is 2.35. The Kier molecular flexibility index (Phi) is 7.23. The van der Waals surface area contributed by atoms with E-state index >= 15 is 0 Å². The van der Waals surface area contributed by atoms with Crippen LogP contribution in [0.15, 0.2) is 12.7 Å². The number of rotatable bonds is 7. The van der Waals surface area contributed by atoms with Crippen LogP contribution in [0.5, 0.6) is 0 Å². The van der Waals surface area contributed by atoms with Crippen LogP contribution in [0.25, 0.3) is 0 Å². The number of allylic oxidation sites excluding steroid dienone is 1.